The second-order valence-electron chi connectivity index (χ2n) is 6.62. The first-order valence-corrected chi connectivity index (χ1v) is 8.44. The lowest BCUT2D eigenvalue weighted by molar-refractivity contribution is -0.138. The zero-order chi connectivity index (χ0) is 17.1. The maximum atomic E-state index is 13.0. The number of aliphatic carboxylic acids is 1. The molecule has 6 nitrogen and oxygen atoms in total. The van der Waals surface area contributed by atoms with Crippen molar-refractivity contribution in [3.63, 3.8) is 0 Å². The Labute approximate surface area is 140 Å². The number of para-hydroxylation sites is 1. The zero-order valence-corrected chi connectivity index (χ0v) is 13.5. The predicted octanol–water partition coefficient (Wildman–Crippen LogP) is 2.22. The highest BCUT2D eigenvalue weighted by Gasteiger charge is 2.35. The number of fused-ring (bicyclic) bond motifs is 1. The number of carbonyl (C=O) groups excluding carboxylic acids is 2. The molecule has 0 aliphatic carbocycles. The summed E-state index contributed by atoms with van der Waals surface area (Å²) in [5.41, 5.74) is 1.58. The van der Waals surface area contributed by atoms with Crippen LogP contribution in [0, 0.1) is 5.92 Å². The minimum Gasteiger partial charge on any atom is -0.481 e. The standard InChI is InChI=1S/C18H22N2O4/c21-16-10-14(13-5-1-2-6-15(13)19-16)18(24)20-9-3-4-12(11-20)7-8-17(22)23/h1-2,5-6,12,14H,3-4,7-11H2,(H,19,21)(H,22,23)/t12-,14+/m1/s1. The van der Waals surface area contributed by atoms with Crippen molar-refractivity contribution in [3.8, 4) is 0 Å². The molecule has 0 spiro atoms. The number of nitrogens with zero attached hydrogens (tertiary/aromatic N) is 1. The highest BCUT2D eigenvalue weighted by Crippen LogP contribution is 2.34. The van der Waals surface area contributed by atoms with Gasteiger partial charge in [0, 0.05) is 31.6 Å². The first kappa shape index (κ1) is 16.5. The number of nitrogens with one attached hydrogen (secondary N) is 1. The Balaban J connectivity index is 1.72. The number of anilines is 1. The van der Waals surface area contributed by atoms with Gasteiger partial charge in [-0.3, -0.25) is 14.4 Å². The lowest BCUT2D eigenvalue weighted by Gasteiger charge is -2.36. The number of amides is 2. The lowest BCUT2D eigenvalue weighted by atomic mass is 9.87. The van der Waals surface area contributed by atoms with E-state index in [1.54, 1.807) is 0 Å². The van der Waals surface area contributed by atoms with Gasteiger partial charge < -0.3 is 15.3 Å². The fourth-order valence-electron chi connectivity index (χ4n) is 3.68. The van der Waals surface area contributed by atoms with E-state index < -0.39 is 11.9 Å². The van der Waals surface area contributed by atoms with E-state index in [4.69, 9.17) is 5.11 Å². The van der Waals surface area contributed by atoms with Gasteiger partial charge in [-0.1, -0.05) is 18.2 Å². The number of carboxylic acid groups (broad SMARTS) is 1. The van der Waals surface area contributed by atoms with Crippen LogP contribution in [0.25, 0.3) is 0 Å². The van der Waals surface area contributed by atoms with Crippen LogP contribution >= 0.6 is 0 Å². The van der Waals surface area contributed by atoms with Gasteiger partial charge in [0.05, 0.1) is 5.92 Å². The van der Waals surface area contributed by atoms with Crippen LogP contribution in [0.1, 0.15) is 43.6 Å². The van der Waals surface area contributed by atoms with Crippen LogP contribution in [-0.2, 0) is 14.4 Å². The fourth-order valence-corrected chi connectivity index (χ4v) is 3.68. The smallest absolute Gasteiger partial charge is 0.303 e. The molecular formula is C18H22N2O4. The van der Waals surface area contributed by atoms with Crippen molar-refractivity contribution in [2.45, 2.75) is 38.0 Å². The molecule has 2 heterocycles. The molecule has 0 saturated carbocycles. The average molecular weight is 330 g/mol. The summed E-state index contributed by atoms with van der Waals surface area (Å²) in [6.07, 6.45) is 2.75. The van der Waals surface area contributed by atoms with Crippen molar-refractivity contribution in [2.24, 2.45) is 5.92 Å². The quantitative estimate of drug-likeness (QED) is 0.886. The van der Waals surface area contributed by atoms with E-state index >= 15 is 0 Å². The summed E-state index contributed by atoms with van der Waals surface area (Å²) >= 11 is 0. The number of hydrogen-bond donors (Lipinski definition) is 2. The van der Waals surface area contributed by atoms with E-state index in [2.05, 4.69) is 5.32 Å². The largest absolute Gasteiger partial charge is 0.481 e. The molecule has 24 heavy (non-hydrogen) atoms. The summed E-state index contributed by atoms with van der Waals surface area (Å²) in [5, 5.41) is 11.7. The maximum Gasteiger partial charge on any atom is 0.303 e. The van der Waals surface area contributed by atoms with Gasteiger partial charge in [-0.15, -0.1) is 0 Å². The molecule has 2 N–H and O–H groups in total. The number of likely N-dealkylation sites (tertiary alicyclic amines) is 1. The van der Waals surface area contributed by atoms with Gasteiger partial charge in [0.15, 0.2) is 0 Å². The number of hydrogen-bond acceptors (Lipinski definition) is 3. The van der Waals surface area contributed by atoms with Crippen molar-refractivity contribution < 1.29 is 19.5 Å². The molecule has 0 radical (unpaired) electrons. The number of benzene rings is 1. The van der Waals surface area contributed by atoms with E-state index in [1.807, 2.05) is 29.2 Å². The van der Waals surface area contributed by atoms with Crippen molar-refractivity contribution >= 4 is 23.5 Å². The normalized spacial score (nSPS) is 23.3. The van der Waals surface area contributed by atoms with Crippen LogP contribution in [0.4, 0.5) is 5.69 Å². The summed E-state index contributed by atoms with van der Waals surface area (Å²) in [5.74, 6) is -1.15. The molecule has 3 rings (SSSR count). The zero-order valence-electron chi connectivity index (χ0n) is 13.5. The molecule has 0 aromatic heterocycles. The maximum absolute atomic E-state index is 13.0. The molecule has 0 unspecified atom stereocenters. The molecule has 1 saturated heterocycles. The molecule has 1 aromatic carbocycles. The Hall–Kier alpha value is -2.37. The number of rotatable bonds is 4. The van der Waals surface area contributed by atoms with Gasteiger partial charge in [-0.05, 0) is 36.8 Å². The molecule has 0 bridgehead atoms. The molecule has 2 aliphatic rings. The summed E-state index contributed by atoms with van der Waals surface area (Å²) in [7, 11) is 0. The number of piperidine rings is 1. The van der Waals surface area contributed by atoms with Crippen LogP contribution < -0.4 is 5.32 Å². The molecule has 1 fully saturated rings. The molecule has 2 aliphatic heterocycles. The average Bonchev–Trinajstić information content (AvgIpc) is 2.58. The van der Waals surface area contributed by atoms with E-state index in [-0.39, 0.29) is 30.6 Å². The summed E-state index contributed by atoms with van der Waals surface area (Å²) in [4.78, 5) is 37.5. The van der Waals surface area contributed by atoms with Crippen molar-refractivity contribution in [1.29, 1.82) is 0 Å². The third kappa shape index (κ3) is 3.58. The minimum atomic E-state index is -0.795. The van der Waals surface area contributed by atoms with Gasteiger partial charge in [-0.25, -0.2) is 0 Å². The van der Waals surface area contributed by atoms with E-state index in [1.165, 1.54) is 0 Å². The molecule has 2 amide bonds. The van der Waals surface area contributed by atoms with Gasteiger partial charge in [-0.2, -0.15) is 0 Å². The van der Waals surface area contributed by atoms with Gasteiger partial charge in [0.25, 0.3) is 0 Å². The van der Waals surface area contributed by atoms with Crippen LogP contribution in [0.3, 0.4) is 0 Å². The Morgan fingerprint density at radius 3 is 2.88 bits per heavy atom. The van der Waals surface area contributed by atoms with Crippen LogP contribution in [0.15, 0.2) is 24.3 Å². The van der Waals surface area contributed by atoms with Crippen molar-refractivity contribution in [3.05, 3.63) is 29.8 Å². The second kappa shape index (κ2) is 7.03. The van der Waals surface area contributed by atoms with Crippen molar-refractivity contribution in [1.82, 2.24) is 4.90 Å². The monoisotopic (exact) mass is 330 g/mol. The van der Waals surface area contributed by atoms with Crippen molar-refractivity contribution in [2.75, 3.05) is 18.4 Å². The number of carbonyl (C=O) groups is 3. The molecule has 1 aromatic rings. The SMILES string of the molecule is O=C(O)CC[C@H]1CCCN(C(=O)[C@H]2CC(=O)Nc3ccccc32)C1. The Bertz CT molecular complexity index is 658. The molecule has 2 atom stereocenters. The molecular weight excluding hydrogens is 308 g/mol. The minimum absolute atomic E-state index is 0.0164. The Morgan fingerprint density at radius 2 is 2.08 bits per heavy atom. The first-order chi connectivity index (χ1) is 11.5. The molecule has 6 heteroatoms. The Morgan fingerprint density at radius 1 is 1.29 bits per heavy atom. The van der Waals surface area contributed by atoms with Gasteiger partial charge >= 0.3 is 5.97 Å². The van der Waals surface area contributed by atoms with Gasteiger partial charge in [0.2, 0.25) is 11.8 Å². The Kier molecular flexibility index (Phi) is 4.83. The predicted molar refractivity (Wildman–Crippen MR) is 88.6 cm³/mol. The van der Waals surface area contributed by atoms with Gasteiger partial charge in [0.1, 0.15) is 0 Å². The van der Waals surface area contributed by atoms with Crippen LogP contribution in [0.5, 0.6) is 0 Å². The van der Waals surface area contributed by atoms with E-state index in [9.17, 15) is 14.4 Å². The summed E-state index contributed by atoms with van der Waals surface area (Å²) in [6.45, 7) is 1.27. The second-order valence-corrected chi connectivity index (χ2v) is 6.62. The fraction of sp³-hybridized carbons (Fsp3) is 0.500. The highest BCUT2D eigenvalue weighted by atomic mass is 16.4. The van der Waals surface area contributed by atoms with E-state index in [0.717, 1.165) is 18.4 Å². The third-order valence-electron chi connectivity index (χ3n) is 4.90. The van der Waals surface area contributed by atoms with E-state index in [0.29, 0.717) is 25.2 Å². The number of carboxylic acids is 1. The molecule has 128 valence electrons. The topological polar surface area (TPSA) is 86.7 Å². The summed E-state index contributed by atoms with van der Waals surface area (Å²) in [6, 6.07) is 7.43. The van der Waals surface area contributed by atoms with Crippen LogP contribution in [-0.4, -0.2) is 40.9 Å². The first-order valence-electron chi connectivity index (χ1n) is 8.44. The lowest BCUT2D eigenvalue weighted by Crippen LogP contribution is -2.44. The third-order valence-corrected chi connectivity index (χ3v) is 4.90. The summed E-state index contributed by atoms with van der Waals surface area (Å²) < 4.78 is 0. The van der Waals surface area contributed by atoms with Crippen LogP contribution in [0.2, 0.25) is 0 Å². The highest BCUT2D eigenvalue weighted by molar-refractivity contribution is 6.01.